The first-order chi connectivity index (χ1) is 11.6. The summed E-state index contributed by atoms with van der Waals surface area (Å²) in [5.41, 5.74) is 1.91. The largest absolute Gasteiger partial charge is 0.481 e. The van der Waals surface area contributed by atoms with Crippen LogP contribution in [-0.4, -0.2) is 41.7 Å². The molecule has 1 atom stereocenters. The van der Waals surface area contributed by atoms with Gasteiger partial charge >= 0.3 is 5.97 Å². The minimum Gasteiger partial charge on any atom is -0.481 e. The molecular formula is C18H22N2O4. The zero-order valence-corrected chi connectivity index (χ0v) is 13.5. The van der Waals surface area contributed by atoms with Crippen LogP contribution in [0, 0.1) is 11.8 Å². The van der Waals surface area contributed by atoms with E-state index in [0.29, 0.717) is 13.2 Å². The number of ether oxygens (including phenoxy) is 1. The van der Waals surface area contributed by atoms with Crippen LogP contribution >= 0.6 is 0 Å². The van der Waals surface area contributed by atoms with Crippen LogP contribution in [0.15, 0.2) is 30.5 Å². The number of para-hydroxylation sites is 1. The fourth-order valence-electron chi connectivity index (χ4n) is 3.31. The number of rotatable bonds is 6. The lowest BCUT2D eigenvalue weighted by Crippen LogP contribution is -2.39. The Hall–Kier alpha value is -2.34. The maximum atomic E-state index is 12.2. The number of fused-ring (bicyclic) bond motifs is 1. The number of amides is 1. The Morgan fingerprint density at radius 1 is 1.29 bits per heavy atom. The van der Waals surface area contributed by atoms with Gasteiger partial charge in [0.05, 0.1) is 12.3 Å². The zero-order valence-electron chi connectivity index (χ0n) is 13.5. The molecule has 24 heavy (non-hydrogen) atoms. The molecule has 3 rings (SSSR count). The van der Waals surface area contributed by atoms with Gasteiger partial charge in [-0.25, -0.2) is 0 Å². The molecular weight excluding hydrogens is 308 g/mol. The van der Waals surface area contributed by atoms with Crippen LogP contribution in [0.3, 0.4) is 0 Å². The third kappa shape index (κ3) is 3.76. The van der Waals surface area contributed by atoms with E-state index in [-0.39, 0.29) is 24.8 Å². The van der Waals surface area contributed by atoms with Crippen molar-refractivity contribution in [2.75, 3.05) is 19.8 Å². The normalized spacial score (nSPS) is 16.8. The van der Waals surface area contributed by atoms with E-state index in [2.05, 4.69) is 10.3 Å². The number of carboxylic acid groups (broad SMARTS) is 1. The van der Waals surface area contributed by atoms with E-state index in [1.807, 2.05) is 30.5 Å². The van der Waals surface area contributed by atoms with Crippen LogP contribution in [0.25, 0.3) is 10.9 Å². The van der Waals surface area contributed by atoms with Gasteiger partial charge in [-0.1, -0.05) is 18.2 Å². The summed E-state index contributed by atoms with van der Waals surface area (Å²) in [5, 5.41) is 13.2. The smallest absolute Gasteiger partial charge is 0.308 e. The van der Waals surface area contributed by atoms with Gasteiger partial charge < -0.3 is 20.1 Å². The van der Waals surface area contributed by atoms with E-state index in [9.17, 15) is 14.7 Å². The standard InChI is InChI=1S/C18H22N2O4/c21-17(9-13-10-19-16-4-2-1-3-14(13)16)20-11-15(18(22)23)12-5-7-24-8-6-12/h1-4,10,12,15,19H,5-9,11H2,(H,20,21)(H,22,23). The molecule has 6 nitrogen and oxygen atoms in total. The number of benzene rings is 1. The van der Waals surface area contributed by atoms with Crippen molar-refractivity contribution in [3.63, 3.8) is 0 Å². The highest BCUT2D eigenvalue weighted by Crippen LogP contribution is 2.24. The summed E-state index contributed by atoms with van der Waals surface area (Å²) in [4.78, 5) is 26.9. The Labute approximate surface area is 140 Å². The predicted molar refractivity (Wildman–Crippen MR) is 89.7 cm³/mol. The Kier molecular flexibility index (Phi) is 5.15. The summed E-state index contributed by atoms with van der Waals surface area (Å²) < 4.78 is 5.28. The average molecular weight is 330 g/mol. The molecule has 0 bridgehead atoms. The first-order valence-corrected chi connectivity index (χ1v) is 8.27. The first kappa shape index (κ1) is 16.5. The summed E-state index contributed by atoms with van der Waals surface area (Å²) in [6, 6.07) is 7.80. The van der Waals surface area contributed by atoms with Gasteiger partial charge in [0.2, 0.25) is 5.91 Å². The molecule has 1 fully saturated rings. The summed E-state index contributed by atoms with van der Waals surface area (Å²) in [6.45, 7) is 1.36. The highest BCUT2D eigenvalue weighted by atomic mass is 16.5. The molecule has 0 saturated carbocycles. The van der Waals surface area contributed by atoms with E-state index in [1.165, 1.54) is 0 Å². The minimum absolute atomic E-state index is 0.0599. The van der Waals surface area contributed by atoms with Crippen molar-refractivity contribution in [2.24, 2.45) is 11.8 Å². The fraction of sp³-hybridized carbons (Fsp3) is 0.444. The summed E-state index contributed by atoms with van der Waals surface area (Å²) >= 11 is 0. The number of hydrogen-bond donors (Lipinski definition) is 3. The Morgan fingerprint density at radius 2 is 2.04 bits per heavy atom. The zero-order chi connectivity index (χ0) is 16.9. The van der Waals surface area contributed by atoms with Crippen molar-refractivity contribution in [2.45, 2.75) is 19.3 Å². The third-order valence-corrected chi connectivity index (χ3v) is 4.70. The van der Waals surface area contributed by atoms with Crippen molar-refractivity contribution in [1.82, 2.24) is 10.3 Å². The predicted octanol–water partition coefficient (Wildman–Crippen LogP) is 1.95. The van der Waals surface area contributed by atoms with Crippen molar-refractivity contribution in [3.05, 3.63) is 36.0 Å². The van der Waals surface area contributed by atoms with Crippen molar-refractivity contribution in [1.29, 1.82) is 0 Å². The number of H-pyrrole nitrogens is 1. The molecule has 0 aliphatic carbocycles. The number of aliphatic carboxylic acids is 1. The summed E-state index contributed by atoms with van der Waals surface area (Å²) in [5.74, 6) is -1.50. The number of carbonyl (C=O) groups excluding carboxylic acids is 1. The third-order valence-electron chi connectivity index (χ3n) is 4.70. The van der Waals surface area contributed by atoms with E-state index < -0.39 is 11.9 Å². The highest BCUT2D eigenvalue weighted by Gasteiger charge is 2.30. The molecule has 0 spiro atoms. The monoisotopic (exact) mass is 330 g/mol. The summed E-state index contributed by atoms with van der Waals surface area (Å²) in [7, 11) is 0. The molecule has 1 aromatic heterocycles. The van der Waals surface area contributed by atoms with Crippen LogP contribution in [0.4, 0.5) is 0 Å². The molecule has 1 aliphatic heterocycles. The van der Waals surface area contributed by atoms with Crippen molar-refractivity contribution < 1.29 is 19.4 Å². The Balaban J connectivity index is 1.58. The average Bonchev–Trinajstić information content (AvgIpc) is 2.99. The van der Waals surface area contributed by atoms with E-state index in [1.54, 1.807) is 0 Å². The second-order valence-corrected chi connectivity index (χ2v) is 6.23. The van der Waals surface area contributed by atoms with Crippen molar-refractivity contribution >= 4 is 22.8 Å². The number of nitrogens with one attached hydrogen (secondary N) is 2. The number of aromatic amines is 1. The number of aromatic nitrogens is 1. The molecule has 1 unspecified atom stereocenters. The molecule has 128 valence electrons. The molecule has 2 aromatic rings. The maximum absolute atomic E-state index is 12.2. The SMILES string of the molecule is O=C(Cc1c[nH]c2ccccc12)NCC(C(=O)O)C1CCOCC1. The molecule has 1 saturated heterocycles. The van der Waals surface area contributed by atoms with Crippen LogP contribution in [0.2, 0.25) is 0 Å². The lowest BCUT2D eigenvalue weighted by atomic mass is 9.86. The number of carbonyl (C=O) groups is 2. The molecule has 3 N–H and O–H groups in total. The maximum Gasteiger partial charge on any atom is 0.308 e. The van der Waals surface area contributed by atoms with Gasteiger partial charge in [0, 0.05) is 36.9 Å². The minimum atomic E-state index is -0.853. The van der Waals surface area contributed by atoms with E-state index in [4.69, 9.17) is 4.74 Å². The van der Waals surface area contributed by atoms with Crippen LogP contribution in [0.1, 0.15) is 18.4 Å². The van der Waals surface area contributed by atoms with E-state index in [0.717, 1.165) is 29.3 Å². The second-order valence-electron chi connectivity index (χ2n) is 6.23. The van der Waals surface area contributed by atoms with Gasteiger partial charge in [-0.2, -0.15) is 0 Å². The van der Waals surface area contributed by atoms with Gasteiger partial charge in [-0.15, -0.1) is 0 Å². The van der Waals surface area contributed by atoms with Gasteiger partial charge in [-0.3, -0.25) is 9.59 Å². The second kappa shape index (κ2) is 7.49. The molecule has 0 radical (unpaired) electrons. The van der Waals surface area contributed by atoms with Crippen LogP contribution in [0.5, 0.6) is 0 Å². The van der Waals surface area contributed by atoms with Gasteiger partial charge in [0.1, 0.15) is 0 Å². The van der Waals surface area contributed by atoms with Crippen LogP contribution in [-0.2, 0) is 20.7 Å². The van der Waals surface area contributed by atoms with Crippen LogP contribution < -0.4 is 5.32 Å². The topological polar surface area (TPSA) is 91.4 Å². The Morgan fingerprint density at radius 3 is 2.79 bits per heavy atom. The molecule has 6 heteroatoms. The highest BCUT2D eigenvalue weighted by molar-refractivity contribution is 5.89. The fourth-order valence-corrected chi connectivity index (χ4v) is 3.31. The Bertz CT molecular complexity index is 719. The lowest BCUT2D eigenvalue weighted by molar-refractivity contribution is -0.144. The lowest BCUT2D eigenvalue weighted by Gasteiger charge is -2.27. The van der Waals surface area contributed by atoms with Gasteiger partial charge in [-0.05, 0) is 30.4 Å². The van der Waals surface area contributed by atoms with Gasteiger partial charge in [0.25, 0.3) is 0 Å². The number of carboxylic acids is 1. The summed E-state index contributed by atoms with van der Waals surface area (Å²) in [6.07, 6.45) is 3.53. The van der Waals surface area contributed by atoms with E-state index >= 15 is 0 Å². The molecule has 2 heterocycles. The van der Waals surface area contributed by atoms with Gasteiger partial charge in [0.15, 0.2) is 0 Å². The quantitative estimate of drug-likeness (QED) is 0.755. The molecule has 1 aromatic carbocycles. The molecule has 1 aliphatic rings. The van der Waals surface area contributed by atoms with Crippen molar-refractivity contribution in [3.8, 4) is 0 Å². The first-order valence-electron chi connectivity index (χ1n) is 8.27. The molecule has 1 amide bonds. The number of hydrogen-bond acceptors (Lipinski definition) is 3.